The van der Waals surface area contributed by atoms with Gasteiger partial charge in [-0.05, 0) is 62.2 Å². The van der Waals surface area contributed by atoms with Crippen molar-refractivity contribution in [1.29, 1.82) is 0 Å². The Hall–Kier alpha value is -3.29. The fourth-order valence-electron chi connectivity index (χ4n) is 3.75. The lowest BCUT2D eigenvalue weighted by atomic mass is 10.1. The van der Waals surface area contributed by atoms with E-state index in [1.807, 2.05) is 36.4 Å². The van der Waals surface area contributed by atoms with Gasteiger partial charge in [0, 0.05) is 23.5 Å². The van der Waals surface area contributed by atoms with Crippen molar-refractivity contribution >= 4 is 5.97 Å². The zero-order valence-electron chi connectivity index (χ0n) is 20.5. The molecule has 1 fully saturated rings. The van der Waals surface area contributed by atoms with Gasteiger partial charge < -0.3 is 18.9 Å². The molecule has 0 spiro atoms. The van der Waals surface area contributed by atoms with E-state index >= 15 is 0 Å². The van der Waals surface area contributed by atoms with E-state index in [2.05, 4.69) is 16.9 Å². The van der Waals surface area contributed by atoms with Crippen LogP contribution in [-0.4, -0.2) is 41.0 Å². The number of hydrogen-bond donors (Lipinski definition) is 0. The van der Waals surface area contributed by atoms with Crippen molar-refractivity contribution in [3.05, 3.63) is 60.9 Å². The second kappa shape index (κ2) is 11.4. The van der Waals surface area contributed by atoms with Crippen LogP contribution >= 0.6 is 0 Å². The van der Waals surface area contributed by atoms with Gasteiger partial charge in [-0.15, -0.1) is 0 Å². The summed E-state index contributed by atoms with van der Waals surface area (Å²) >= 11 is 0. The van der Waals surface area contributed by atoms with E-state index in [1.54, 1.807) is 38.4 Å². The minimum Gasteiger partial charge on any atom is -0.494 e. The normalized spacial score (nSPS) is 16.7. The van der Waals surface area contributed by atoms with Crippen LogP contribution in [0.1, 0.15) is 46.5 Å². The number of carbonyl (C=O) groups excluding carboxylic acids is 1. The Bertz CT molecular complexity index is 1100. The third-order valence-electron chi connectivity index (χ3n) is 5.71. The smallest absolute Gasteiger partial charge is 0.343 e. The first-order valence-electron chi connectivity index (χ1n) is 12.1. The van der Waals surface area contributed by atoms with Crippen LogP contribution in [0.15, 0.2) is 60.9 Å². The highest BCUT2D eigenvalue weighted by atomic mass is 16.8. The molecule has 7 heteroatoms. The molecule has 0 aliphatic carbocycles. The Balaban J connectivity index is 1.32. The van der Waals surface area contributed by atoms with Crippen LogP contribution in [0.5, 0.6) is 11.5 Å². The van der Waals surface area contributed by atoms with E-state index in [4.69, 9.17) is 18.9 Å². The van der Waals surface area contributed by atoms with Crippen molar-refractivity contribution in [1.82, 2.24) is 9.97 Å². The van der Waals surface area contributed by atoms with Gasteiger partial charge in [-0.25, -0.2) is 14.8 Å². The molecule has 0 amide bonds. The maximum Gasteiger partial charge on any atom is 0.343 e. The summed E-state index contributed by atoms with van der Waals surface area (Å²) in [6.07, 6.45) is 7.59. The van der Waals surface area contributed by atoms with E-state index in [9.17, 15) is 4.79 Å². The van der Waals surface area contributed by atoms with Crippen molar-refractivity contribution in [2.45, 2.75) is 58.3 Å². The summed E-state index contributed by atoms with van der Waals surface area (Å²) in [6.45, 7) is 6.66. The Kier molecular flexibility index (Phi) is 8.10. The molecule has 0 radical (unpaired) electrons. The van der Waals surface area contributed by atoms with E-state index < -0.39 is 17.9 Å². The lowest BCUT2D eigenvalue weighted by molar-refractivity contribution is -0.162. The average Bonchev–Trinajstić information content (AvgIpc) is 3.25. The standard InChI is InChI=1S/C28H32N2O5/c1-4-5-6-7-16-32-23-12-10-21(11-13-23)26-29-17-22(18-30-26)20-8-14-24(15-9-20)34-27(31)25-19-33-28(2,3)35-25/h8-15,17-18,25H,4-7,16,19H2,1-3H3. The van der Waals surface area contributed by atoms with E-state index in [1.165, 1.54) is 19.3 Å². The molecule has 0 bridgehead atoms. The van der Waals surface area contributed by atoms with E-state index in [0.717, 1.165) is 35.5 Å². The zero-order chi connectivity index (χ0) is 24.7. The summed E-state index contributed by atoms with van der Waals surface area (Å²) in [5, 5.41) is 0. The van der Waals surface area contributed by atoms with E-state index in [0.29, 0.717) is 11.6 Å². The second-order valence-corrected chi connectivity index (χ2v) is 8.99. The van der Waals surface area contributed by atoms with Crippen LogP contribution in [0.2, 0.25) is 0 Å². The molecule has 1 aliphatic rings. The first-order valence-corrected chi connectivity index (χ1v) is 12.1. The molecule has 2 heterocycles. The topological polar surface area (TPSA) is 79.8 Å². The van der Waals surface area contributed by atoms with Gasteiger partial charge in [0.05, 0.1) is 13.2 Å². The summed E-state index contributed by atoms with van der Waals surface area (Å²) in [4.78, 5) is 21.3. The van der Waals surface area contributed by atoms with Crippen molar-refractivity contribution < 1.29 is 23.7 Å². The number of hydrogen-bond acceptors (Lipinski definition) is 7. The molecular formula is C28H32N2O5. The molecule has 1 aliphatic heterocycles. The number of unbranched alkanes of at least 4 members (excludes halogenated alkanes) is 3. The minimum absolute atomic E-state index is 0.183. The molecule has 7 nitrogen and oxygen atoms in total. The number of aromatic nitrogens is 2. The highest BCUT2D eigenvalue weighted by Crippen LogP contribution is 2.26. The fourth-order valence-corrected chi connectivity index (χ4v) is 3.75. The predicted octanol–water partition coefficient (Wildman–Crippen LogP) is 5.83. The van der Waals surface area contributed by atoms with Crippen LogP contribution in [0, 0.1) is 0 Å². The number of nitrogens with zero attached hydrogens (tertiary/aromatic N) is 2. The SMILES string of the molecule is CCCCCCOc1ccc(-c2ncc(-c3ccc(OC(=O)C4COC(C)(C)O4)cc3)cn2)cc1. The molecular weight excluding hydrogens is 444 g/mol. The molecule has 4 rings (SSSR count). The summed E-state index contributed by atoms with van der Waals surface area (Å²) < 4.78 is 22.2. The Morgan fingerprint density at radius 3 is 2.20 bits per heavy atom. The molecule has 1 saturated heterocycles. The second-order valence-electron chi connectivity index (χ2n) is 8.99. The van der Waals surface area contributed by atoms with Gasteiger partial charge in [0.1, 0.15) is 11.5 Å². The molecule has 0 saturated carbocycles. The minimum atomic E-state index is -0.774. The Morgan fingerprint density at radius 2 is 1.57 bits per heavy atom. The third-order valence-corrected chi connectivity index (χ3v) is 5.71. The summed E-state index contributed by atoms with van der Waals surface area (Å²) in [6, 6.07) is 15.1. The fraction of sp³-hybridized carbons (Fsp3) is 0.393. The molecule has 184 valence electrons. The number of ether oxygens (including phenoxy) is 4. The van der Waals surface area contributed by atoms with Gasteiger partial charge >= 0.3 is 5.97 Å². The summed E-state index contributed by atoms with van der Waals surface area (Å²) in [5.74, 6) is 0.707. The molecule has 1 atom stereocenters. The number of benzene rings is 2. The van der Waals surface area contributed by atoms with E-state index in [-0.39, 0.29) is 6.61 Å². The molecule has 3 aromatic rings. The maximum absolute atomic E-state index is 12.3. The third kappa shape index (κ3) is 6.87. The van der Waals surface area contributed by atoms with Crippen molar-refractivity contribution in [3.8, 4) is 34.0 Å². The maximum atomic E-state index is 12.3. The Morgan fingerprint density at radius 1 is 0.914 bits per heavy atom. The lowest BCUT2D eigenvalue weighted by Gasteiger charge is -2.16. The summed E-state index contributed by atoms with van der Waals surface area (Å²) in [7, 11) is 0. The zero-order valence-corrected chi connectivity index (χ0v) is 20.5. The molecule has 0 N–H and O–H groups in total. The number of carbonyl (C=O) groups is 1. The van der Waals surface area contributed by atoms with Crippen LogP contribution in [0.25, 0.3) is 22.5 Å². The number of esters is 1. The molecule has 2 aromatic carbocycles. The highest BCUT2D eigenvalue weighted by Gasteiger charge is 2.38. The molecule has 1 unspecified atom stereocenters. The van der Waals surface area contributed by atoms with Crippen LogP contribution in [-0.2, 0) is 14.3 Å². The first-order chi connectivity index (χ1) is 16.9. The highest BCUT2D eigenvalue weighted by molar-refractivity contribution is 5.78. The average molecular weight is 477 g/mol. The predicted molar refractivity (Wildman–Crippen MR) is 133 cm³/mol. The van der Waals surface area contributed by atoms with Crippen molar-refractivity contribution in [3.63, 3.8) is 0 Å². The molecule has 1 aromatic heterocycles. The Labute approximate surface area is 206 Å². The van der Waals surface area contributed by atoms with Gasteiger partial charge in [-0.1, -0.05) is 38.3 Å². The van der Waals surface area contributed by atoms with Crippen molar-refractivity contribution in [2.75, 3.05) is 13.2 Å². The van der Waals surface area contributed by atoms with Gasteiger partial charge in [-0.3, -0.25) is 0 Å². The van der Waals surface area contributed by atoms with Gasteiger partial charge in [-0.2, -0.15) is 0 Å². The largest absolute Gasteiger partial charge is 0.494 e. The molecule has 35 heavy (non-hydrogen) atoms. The summed E-state index contributed by atoms with van der Waals surface area (Å²) in [5.41, 5.74) is 2.72. The van der Waals surface area contributed by atoms with Gasteiger partial charge in [0.15, 0.2) is 17.7 Å². The van der Waals surface area contributed by atoms with Crippen LogP contribution in [0.3, 0.4) is 0 Å². The monoisotopic (exact) mass is 476 g/mol. The van der Waals surface area contributed by atoms with Gasteiger partial charge in [0.25, 0.3) is 0 Å². The van der Waals surface area contributed by atoms with Crippen molar-refractivity contribution in [2.24, 2.45) is 0 Å². The quantitative estimate of drug-likeness (QED) is 0.207. The van der Waals surface area contributed by atoms with Gasteiger partial charge in [0.2, 0.25) is 0 Å². The number of rotatable bonds is 10. The lowest BCUT2D eigenvalue weighted by Crippen LogP contribution is -2.30. The van der Waals surface area contributed by atoms with Crippen LogP contribution in [0.4, 0.5) is 0 Å². The first kappa shape index (κ1) is 24.8. The van der Waals surface area contributed by atoms with Crippen LogP contribution < -0.4 is 9.47 Å².